The van der Waals surface area contributed by atoms with Crippen molar-refractivity contribution in [3.63, 3.8) is 0 Å². The Morgan fingerprint density at radius 1 is 1.18 bits per heavy atom. The molecule has 0 amide bonds. The second-order valence-corrected chi connectivity index (χ2v) is 7.22. The van der Waals surface area contributed by atoms with Gasteiger partial charge in [-0.15, -0.1) is 0 Å². The molecule has 0 aromatic heterocycles. The van der Waals surface area contributed by atoms with Crippen LogP contribution in [-0.2, 0) is 0 Å². The van der Waals surface area contributed by atoms with Crippen LogP contribution in [0.25, 0.3) is 0 Å². The summed E-state index contributed by atoms with van der Waals surface area (Å²) in [5.41, 5.74) is 2.02. The topological polar surface area (TPSA) is 108 Å². The van der Waals surface area contributed by atoms with Crippen molar-refractivity contribution in [2.45, 2.75) is 18.4 Å². The molecule has 0 spiro atoms. The first kappa shape index (κ1) is 18.2. The van der Waals surface area contributed by atoms with Crippen molar-refractivity contribution in [1.29, 1.82) is 0 Å². The van der Waals surface area contributed by atoms with E-state index in [-0.39, 0.29) is 34.3 Å². The number of nitro groups is 2. The molecule has 4 rings (SSSR count). The van der Waals surface area contributed by atoms with Gasteiger partial charge in [0.2, 0.25) is 0 Å². The molecule has 2 aromatic carbocycles. The van der Waals surface area contributed by atoms with Gasteiger partial charge in [-0.2, -0.15) is 0 Å². The van der Waals surface area contributed by atoms with Crippen LogP contribution in [0.15, 0.2) is 42.5 Å². The highest BCUT2D eigenvalue weighted by molar-refractivity contribution is 6.32. The molecule has 0 unspecified atom stereocenters. The number of hydrogen-bond acceptors (Lipinski definition) is 6. The van der Waals surface area contributed by atoms with Crippen LogP contribution in [0.4, 0.5) is 17.1 Å². The van der Waals surface area contributed by atoms with E-state index < -0.39 is 9.85 Å². The molecule has 0 fully saturated rings. The van der Waals surface area contributed by atoms with Gasteiger partial charge < -0.3 is 10.1 Å². The van der Waals surface area contributed by atoms with E-state index in [2.05, 4.69) is 5.32 Å². The first-order chi connectivity index (χ1) is 13.4. The van der Waals surface area contributed by atoms with E-state index >= 15 is 0 Å². The molecule has 8 nitrogen and oxygen atoms in total. The maximum absolute atomic E-state index is 11.3. The summed E-state index contributed by atoms with van der Waals surface area (Å²) in [6, 6.07) is 7.50. The number of nitrogens with one attached hydrogen (secondary N) is 1. The van der Waals surface area contributed by atoms with Gasteiger partial charge in [0, 0.05) is 18.1 Å². The van der Waals surface area contributed by atoms with Crippen LogP contribution in [0.2, 0.25) is 5.02 Å². The normalized spacial score (nSPS) is 22.1. The van der Waals surface area contributed by atoms with Gasteiger partial charge in [0.25, 0.3) is 11.4 Å². The van der Waals surface area contributed by atoms with Gasteiger partial charge in [-0.1, -0.05) is 29.8 Å². The molecule has 9 heteroatoms. The van der Waals surface area contributed by atoms with Crippen molar-refractivity contribution in [3.8, 4) is 5.75 Å². The van der Waals surface area contributed by atoms with Crippen molar-refractivity contribution in [2.24, 2.45) is 5.92 Å². The number of methoxy groups -OCH3 is 1. The Bertz CT molecular complexity index is 1020. The van der Waals surface area contributed by atoms with Gasteiger partial charge in [0.15, 0.2) is 0 Å². The van der Waals surface area contributed by atoms with E-state index in [1.54, 1.807) is 12.1 Å². The Hall–Kier alpha value is -3.13. The molecule has 2 aromatic rings. The van der Waals surface area contributed by atoms with Crippen molar-refractivity contribution in [3.05, 3.63) is 78.9 Å². The molecule has 0 saturated heterocycles. The van der Waals surface area contributed by atoms with E-state index in [4.69, 9.17) is 16.3 Å². The van der Waals surface area contributed by atoms with Gasteiger partial charge >= 0.3 is 0 Å². The summed E-state index contributed by atoms with van der Waals surface area (Å²) >= 11 is 5.96. The lowest BCUT2D eigenvalue weighted by Crippen LogP contribution is -2.29. The molecular formula is C19H16ClN3O5. The third kappa shape index (κ3) is 2.86. The number of allylic oxidation sites excluding steroid dienone is 2. The number of nitro benzene ring substituents is 2. The number of rotatable bonds is 4. The summed E-state index contributed by atoms with van der Waals surface area (Å²) in [6.45, 7) is 0. The van der Waals surface area contributed by atoms with Crippen LogP contribution < -0.4 is 10.1 Å². The standard InChI is InChI=1S/C19H16ClN3O5/c1-28-17-9-11(22(24)25)8-14-12-3-2-4-13(12)18(21-19(14)17)10-5-6-15(20)16(7-10)23(26)27/h2-3,5-9,12-13,18,21H,4H2,1H3/t12-,13+,18+/m0/s1. The fraction of sp³-hybridized carbons (Fsp3) is 0.263. The molecule has 3 atom stereocenters. The number of ether oxygens (including phenoxy) is 1. The van der Waals surface area contributed by atoms with Crippen LogP contribution in [0, 0.1) is 26.1 Å². The van der Waals surface area contributed by atoms with E-state index in [0.717, 1.165) is 17.5 Å². The predicted octanol–water partition coefficient (Wildman–Crippen LogP) is 4.99. The van der Waals surface area contributed by atoms with Crippen molar-refractivity contribution >= 4 is 28.7 Å². The Kier molecular flexibility index (Phi) is 4.43. The van der Waals surface area contributed by atoms with E-state index in [0.29, 0.717) is 11.4 Å². The smallest absolute Gasteiger partial charge is 0.288 e. The lowest BCUT2D eigenvalue weighted by Gasteiger charge is -2.38. The number of hydrogen-bond donors (Lipinski definition) is 1. The number of non-ortho nitro benzene ring substituents is 1. The first-order valence-corrected chi connectivity index (χ1v) is 9.02. The Labute approximate surface area is 165 Å². The minimum atomic E-state index is -0.503. The van der Waals surface area contributed by atoms with Crippen LogP contribution in [0.3, 0.4) is 0 Å². The molecule has 1 N–H and O–H groups in total. The quantitative estimate of drug-likeness (QED) is 0.439. The monoisotopic (exact) mass is 401 g/mol. The fourth-order valence-electron chi connectivity index (χ4n) is 4.11. The highest BCUT2D eigenvalue weighted by Gasteiger charge is 2.40. The highest BCUT2D eigenvalue weighted by Crippen LogP contribution is 2.53. The molecule has 0 saturated carbocycles. The third-order valence-electron chi connectivity index (χ3n) is 5.37. The number of anilines is 1. The van der Waals surface area contributed by atoms with E-state index in [9.17, 15) is 20.2 Å². The largest absolute Gasteiger partial charge is 0.494 e. The molecule has 1 heterocycles. The van der Waals surface area contributed by atoms with E-state index in [1.807, 2.05) is 12.2 Å². The van der Waals surface area contributed by atoms with Gasteiger partial charge in [-0.3, -0.25) is 20.2 Å². The summed E-state index contributed by atoms with van der Waals surface area (Å²) in [7, 11) is 1.46. The lowest BCUT2D eigenvalue weighted by atomic mass is 9.76. The fourth-order valence-corrected chi connectivity index (χ4v) is 4.30. The van der Waals surface area contributed by atoms with Crippen molar-refractivity contribution < 1.29 is 14.6 Å². The Morgan fingerprint density at radius 2 is 1.96 bits per heavy atom. The average Bonchev–Trinajstić information content (AvgIpc) is 3.16. The minimum Gasteiger partial charge on any atom is -0.494 e. The van der Waals surface area contributed by atoms with Gasteiger partial charge in [0.05, 0.1) is 34.8 Å². The highest BCUT2D eigenvalue weighted by atomic mass is 35.5. The maximum atomic E-state index is 11.3. The zero-order valence-corrected chi connectivity index (χ0v) is 15.6. The van der Waals surface area contributed by atoms with E-state index in [1.165, 1.54) is 25.3 Å². The van der Waals surface area contributed by atoms with Gasteiger partial charge in [-0.25, -0.2) is 0 Å². The molecule has 1 aliphatic carbocycles. The Balaban J connectivity index is 1.84. The van der Waals surface area contributed by atoms with Crippen LogP contribution in [-0.4, -0.2) is 17.0 Å². The lowest BCUT2D eigenvalue weighted by molar-refractivity contribution is -0.385. The molecule has 144 valence electrons. The van der Waals surface area contributed by atoms with Crippen molar-refractivity contribution in [2.75, 3.05) is 12.4 Å². The predicted molar refractivity (Wildman–Crippen MR) is 104 cm³/mol. The van der Waals surface area contributed by atoms with Crippen molar-refractivity contribution in [1.82, 2.24) is 0 Å². The SMILES string of the molecule is COc1cc([N+](=O)[O-])cc2c1N[C@H](c1ccc(Cl)c([N+](=O)[O-])c1)[C@@H]1CC=C[C@H]21. The van der Waals surface area contributed by atoms with Crippen LogP contribution in [0.5, 0.6) is 5.75 Å². The first-order valence-electron chi connectivity index (χ1n) is 8.64. The second kappa shape index (κ2) is 6.79. The zero-order chi connectivity index (χ0) is 20.0. The Morgan fingerprint density at radius 3 is 2.64 bits per heavy atom. The van der Waals surface area contributed by atoms with Crippen LogP contribution >= 0.6 is 11.6 Å². The molecule has 2 aliphatic rings. The third-order valence-corrected chi connectivity index (χ3v) is 5.69. The molecular weight excluding hydrogens is 386 g/mol. The number of halogens is 1. The number of benzene rings is 2. The maximum Gasteiger partial charge on any atom is 0.288 e. The summed E-state index contributed by atoms with van der Waals surface area (Å²) < 4.78 is 5.40. The van der Waals surface area contributed by atoms with Gasteiger partial charge in [0.1, 0.15) is 10.8 Å². The summed E-state index contributed by atoms with van der Waals surface area (Å²) in [4.78, 5) is 21.6. The summed E-state index contributed by atoms with van der Waals surface area (Å²) in [5.74, 6) is 0.390. The number of fused-ring (bicyclic) bond motifs is 3. The summed E-state index contributed by atoms with van der Waals surface area (Å²) in [5, 5.41) is 26.1. The molecule has 0 bridgehead atoms. The zero-order valence-electron chi connectivity index (χ0n) is 14.8. The minimum absolute atomic E-state index is 0.0305. The second-order valence-electron chi connectivity index (χ2n) is 6.81. The summed E-state index contributed by atoms with van der Waals surface area (Å²) in [6.07, 6.45) is 4.82. The van der Waals surface area contributed by atoms with Gasteiger partial charge in [-0.05, 0) is 29.5 Å². The number of nitrogens with zero attached hydrogens (tertiary/aromatic N) is 2. The molecule has 1 aliphatic heterocycles. The molecule has 28 heavy (non-hydrogen) atoms. The van der Waals surface area contributed by atoms with Crippen LogP contribution in [0.1, 0.15) is 29.5 Å². The molecule has 0 radical (unpaired) electrons. The average molecular weight is 402 g/mol.